The van der Waals surface area contributed by atoms with E-state index in [1.165, 1.54) is 4.90 Å². The van der Waals surface area contributed by atoms with E-state index in [0.29, 0.717) is 51.4 Å². The summed E-state index contributed by atoms with van der Waals surface area (Å²) in [6.45, 7) is 11.7. The van der Waals surface area contributed by atoms with E-state index in [0.717, 1.165) is 17.6 Å². The Hall–Kier alpha value is -2.32. The number of fused-ring (bicyclic) bond motifs is 3. The average Bonchev–Trinajstić information content (AvgIpc) is 3.18. The maximum Gasteiger partial charge on any atom is 0.296 e. The van der Waals surface area contributed by atoms with Crippen LogP contribution in [0.2, 0.25) is 0 Å². The summed E-state index contributed by atoms with van der Waals surface area (Å²) in [5.41, 5.74) is 1.91. The first kappa shape index (κ1) is 46.4. The number of ketones is 3. The second kappa shape index (κ2) is 20.6. The Labute approximate surface area is 334 Å². The number of rotatable bonds is 6. The van der Waals surface area contributed by atoms with Gasteiger partial charge in [0, 0.05) is 52.6 Å². The van der Waals surface area contributed by atoms with Crippen molar-refractivity contribution < 1.29 is 53.4 Å². The lowest BCUT2D eigenvalue weighted by Gasteiger charge is -2.47. The lowest BCUT2D eigenvalue weighted by molar-refractivity contribution is -0.302. The summed E-state index contributed by atoms with van der Waals surface area (Å²) in [7, 11) is 4.68. The summed E-state index contributed by atoms with van der Waals surface area (Å²) < 4.78 is 23.6. The van der Waals surface area contributed by atoms with Crippen molar-refractivity contribution in [2.75, 3.05) is 27.9 Å². The standard InChI is InChI=1S/C44H71NO11/c1-10-31-18-25(2)17-26(3)19-39(54-8)41-40(55-9)21-28(5)44(52,56-41)42(50)43(51)45-16-12-11-13-33(45)37(49)23-32(29(6)35(47)24-36(31)48)27(4)20-30-14-15-34(46)38(22-30)53-7/h18,20,26,28-35,38-41,46-47,52H,10-17,19,21-24H2,1-9H3/b25-18+,27-20+/t26-,28+,29-,30-,31+,32+,33-,34+,35-,38+,39-,40-,41+,44+/m0/s1. The number of hydrogen-bond acceptors (Lipinski definition) is 11. The molecule has 1 aliphatic carbocycles. The number of piperidine rings is 1. The minimum Gasteiger partial charge on any atom is -0.392 e. The molecule has 2 bridgehead atoms. The first-order valence-electron chi connectivity index (χ1n) is 21.1. The zero-order chi connectivity index (χ0) is 41.5. The number of ether oxygens (including phenoxy) is 4. The summed E-state index contributed by atoms with van der Waals surface area (Å²) in [4.78, 5) is 58.1. The molecular weight excluding hydrogens is 718 g/mol. The third kappa shape index (κ3) is 10.8. The molecule has 0 aromatic heterocycles. The number of nitrogens with zero attached hydrogens (tertiary/aromatic N) is 1. The molecule has 0 spiro atoms. The highest BCUT2D eigenvalue weighted by molar-refractivity contribution is 6.39. The first-order chi connectivity index (χ1) is 26.5. The van der Waals surface area contributed by atoms with Crippen LogP contribution in [0.25, 0.3) is 0 Å². The molecular formula is C44H71NO11. The molecule has 0 aromatic carbocycles. The van der Waals surface area contributed by atoms with Gasteiger partial charge < -0.3 is 39.2 Å². The number of aliphatic hydroxyl groups excluding tert-OH is 2. The van der Waals surface area contributed by atoms with E-state index in [2.05, 4.69) is 13.0 Å². The minimum atomic E-state index is -2.46. The number of hydrogen-bond donors (Lipinski definition) is 3. The number of allylic oxidation sites excluding steroid dienone is 4. The van der Waals surface area contributed by atoms with Gasteiger partial charge in [-0.25, -0.2) is 0 Å². The van der Waals surface area contributed by atoms with Crippen LogP contribution >= 0.6 is 0 Å². The van der Waals surface area contributed by atoms with Gasteiger partial charge in [0.25, 0.3) is 11.7 Å². The second-order valence-electron chi connectivity index (χ2n) is 17.6. The molecule has 0 aromatic rings. The van der Waals surface area contributed by atoms with Crippen LogP contribution in [0.5, 0.6) is 0 Å². The smallest absolute Gasteiger partial charge is 0.296 e. The molecule has 3 N–H and O–H groups in total. The van der Waals surface area contributed by atoms with Gasteiger partial charge in [0.15, 0.2) is 5.78 Å². The van der Waals surface area contributed by atoms with Crippen molar-refractivity contribution in [2.24, 2.45) is 35.5 Å². The predicted molar refractivity (Wildman–Crippen MR) is 211 cm³/mol. The number of amides is 1. The summed E-state index contributed by atoms with van der Waals surface area (Å²) >= 11 is 0. The van der Waals surface area contributed by atoms with E-state index in [-0.39, 0.29) is 55.3 Å². The molecule has 56 heavy (non-hydrogen) atoms. The molecule has 14 atom stereocenters. The number of methoxy groups -OCH3 is 3. The van der Waals surface area contributed by atoms with Gasteiger partial charge in [-0.1, -0.05) is 51.0 Å². The topological polar surface area (TPSA) is 169 Å². The quantitative estimate of drug-likeness (QED) is 0.241. The third-order valence-electron chi connectivity index (χ3n) is 13.5. The summed E-state index contributed by atoms with van der Waals surface area (Å²) in [6, 6.07) is -0.909. The highest BCUT2D eigenvalue weighted by Crippen LogP contribution is 2.40. The van der Waals surface area contributed by atoms with Gasteiger partial charge in [-0.15, -0.1) is 0 Å². The minimum absolute atomic E-state index is 0.0151. The van der Waals surface area contributed by atoms with Crippen LogP contribution < -0.4 is 0 Å². The lowest BCUT2D eigenvalue weighted by Crippen LogP contribution is -2.64. The van der Waals surface area contributed by atoms with Gasteiger partial charge in [-0.2, -0.15) is 0 Å². The SMILES string of the molecule is CC[C@@H]1/C=C(\C)C[C@H](C)C[C@H](OC)[C@H]2O[C@@](O)(C(=O)C(=O)N3CCCC[C@H]3C(=O)C[C@H](/C(C)=C/[C@@H]3CC[C@@H](O)[C@H](OC)C3)[C@H](C)[C@@H](O)CC1=O)[C@H](C)C[C@@H]2OC. The third-order valence-corrected chi connectivity index (χ3v) is 13.5. The highest BCUT2D eigenvalue weighted by Gasteiger charge is 2.56. The van der Waals surface area contributed by atoms with Gasteiger partial charge in [0.1, 0.15) is 11.9 Å². The van der Waals surface area contributed by atoms with E-state index in [1.54, 1.807) is 28.3 Å². The zero-order valence-corrected chi connectivity index (χ0v) is 35.4. The van der Waals surface area contributed by atoms with Crippen molar-refractivity contribution in [3.63, 3.8) is 0 Å². The van der Waals surface area contributed by atoms with E-state index >= 15 is 0 Å². The van der Waals surface area contributed by atoms with E-state index in [4.69, 9.17) is 18.9 Å². The second-order valence-corrected chi connectivity index (χ2v) is 17.6. The summed E-state index contributed by atoms with van der Waals surface area (Å²) in [5, 5.41) is 34.2. The van der Waals surface area contributed by atoms with Crippen molar-refractivity contribution >= 4 is 23.3 Å². The van der Waals surface area contributed by atoms with Crippen LogP contribution in [0, 0.1) is 35.5 Å². The number of aliphatic hydroxyl groups is 3. The Morgan fingerprint density at radius 1 is 0.875 bits per heavy atom. The Morgan fingerprint density at radius 2 is 1.54 bits per heavy atom. The molecule has 318 valence electrons. The molecule has 12 heteroatoms. The Bertz CT molecular complexity index is 1430. The van der Waals surface area contributed by atoms with Crippen LogP contribution in [0.1, 0.15) is 119 Å². The lowest BCUT2D eigenvalue weighted by atomic mass is 9.75. The van der Waals surface area contributed by atoms with Crippen LogP contribution in [-0.2, 0) is 38.1 Å². The highest BCUT2D eigenvalue weighted by atomic mass is 16.7. The average molecular weight is 790 g/mol. The Morgan fingerprint density at radius 3 is 2.18 bits per heavy atom. The summed E-state index contributed by atoms with van der Waals surface area (Å²) in [6.07, 6.45) is 5.68. The van der Waals surface area contributed by atoms with Crippen molar-refractivity contribution in [2.45, 2.75) is 167 Å². The molecule has 3 aliphatic heterocycles. The van der Waals surface area contributed by atoms with Gasteiger partial charge in [-0.3, -0.25) is 19.2 Å². The fourth-order valence-electron chi connectivity index (χ4n) is 9.87. The van der Waals surface area contributed by atoms with E-state index in [9.17, 15) is 34.5 Å². The van der Waals surface area contributed by atoms with E-state index in [1.807, 2.05) is 33.8 Å². The van der Waals surface area contributed by atoms with Crippen LogP contribution in [0.15, 0.2) is 23.3 Å². The van der Waals surface area contributed by atoms with E-state index < -0.39 is 77.7 Å². The molecule has 0 unspecified atom stereocenters. The molecule has 4 aliphatic rings. The number of carbonyl (C=O) groups excluding carboxylic acids is 4. The van der Waals surface area contributed by atoms with Crippen molar-refractivity contribution in [3.05, 3.63) is 23.3 Å². The first-order valence-corrected chi connectivity index (χ1v) is 21.1. The van der Waals surface area contributed by atoms with Gasteiger partial charge in [-0.05, 0) is 102 Å². The van der Waals surface area contributed by atoms with Crippen molar-refractivity contribution in [3.8, 4) is 0 Å². The molecule has 4 rings (SSSR count). The van der Waals surface area contributed by atoms with Gasteiger partial charge in [0.2, 0.25) is 5.79 Å². The van der Waals surface area contributed by atoms with Crippen molar-refractivity contribution in [1.29, 1.82) is 0 Å². The zero-order valence-electron chi connectivity index (χ0n) is 35.4. The van der Waals surface area contributed by atoms with Crippen LogP contribution in [0.4, 0.5) is 0 Å². The maximum atomic E-state index is 14.5. The van der Waals surface area contributed by atoms with Crippen LogP contribution in [0.3, 0.4) is 0 Å². The van der Waals surface area contributed by atoms with Crippen LogP contribution in [-0.4, -0.2) is 120 Å². The largest absolute Gasteiger partial charge is 0.392 e. The molecule has 3 fully saturated rings. The molecule has 0 radical (unpaired) electrons. The fraction of sp³-hybridized carbons (Fsp3) is 0.818. The predicted octanol–water partition coefficient (Wildman–Crippen LogP) is 5.14. The molecule has 2 saturated heterocycles. The molecule has 3 heterocycles. The fourth-order valence-corrected chi connectivity index (χ4v) is 9.87. The number of Topliss-reactive ketones (excluding diaryl/α,β-unsaturated/α-hetero) is 3. The Kier molecular flexibility index (Phi) is 17.0. The molecule has 1 amide bonds. The van der Waals surface area contributed by atoms with Crippen molar-refractivity contribution in [1.82, 2.24) is 4.90 Å². The molecule has 12 nitrogen and oxygen atoms in total. The Balaban J connectivity index is 1.76. The number of carbonyl (C=O) groups is 4. The monoisotopic (exact) mass is 790 g/mol. The summed E-state index contributed by atoms with van der Waals surface area (Å²) in [5.74, 6) is -6.84. The normalized spacial score (nSPS) is 41.7. The molecule has 1 saturated carbocycles. The maximum absolute atomic E-state index is 14.5. The van der Waals surface area contributed by atoms with Gasteiger partial charge in [0.05, 0.1) is 36.6 Å². The van der Waals surface area contributed by atoms with Gasteiger partial charge >= 0.3 is 0 Å².